The van der Waals surface area contributed by atoms with E-state index in [0.29, 0.717) is 25.0 Å². The smallest absolute Gasteiger partial charge is 0.137 e. The molecule has 1 N–H and O–H groups in total. The molecule has 1 aromatic rings. The molecule has 0 atom stereocenters. The van der Waals surface area contributed by atoms with Crippen molar-refractivity contribution in [2.24, 2.45) is 0 Å². The fourth-order valence-corrected chi connectivity index (χ4v) is 2.37. The third kappa shape index (κ3) is 5.17. The lowest BCUT2D eigenvalue weighted by Gasteiger charge is -2.15. The first-order valence-corrected chi connectivity index (χ1v) is 7.18. The molecular weight excluding hydrogens is 242 g/mol. The molecule has 106 valence electrons. The van der Waals surface area contributed by atoms with E-state index in [1.54, 1.807) is 12.3 Å². The van der Waals surface area contributed by atoms with Gasteiger partial charge in [0.1, 0.15) is 12.4 Å². The van der Waals surface area contributed by atoms with Gasteiger partial charge in [-0.1, -0.05) is 25.7 Å². The molecular formula is C15H23NO3. The number of aliphatic hydroxyl groups excluding tert-OH is 1. The summed E-state index contributed by atoms with van der Waals surface area (Å²) in [7, 11) is 0. The average molecular weight is 265 g/mol. The number of hydrogen-bond donors (Lipinski definition) is 1. The predicted molar refractivity (Wildman–Crippen MR) is 73.1 cm³/mol. The highest BCUT2D eigenvalue weighted by atomic mass is 16.5. The minimum atomic E-state index is -0.0366. The molecule has 1 aliphatic rings. The van der Waals surface area contributed by atoms with Gasteiger partial charge in [0, 0.05) is 0 Å². The van der Waals surface area contributed by atoms with Crippen molar-refractivity contribution >= 4 is 0 Å². The Hall–Kier alpha value is -1.13. The molecule has 1 heterocycles. The van der Waals surface area contributed by atoms with E-state index in [9.17, 15) is 0 Å². The third-order valence-electron chi connectivity index (χ3n) is 3.47. The van der Waals surface area contributed by atoms with Crippen LogP contribution in [0.3, 0.4) is 0 Å². The largest absolute Gasteiger partial charge is 0.490 e. The van der Waals surface area contributed by atoms with Crippen LogP contribution >= 0.6 is 0 Å². The highest BCUT2D eigenvalue weighted by Gasteiger charge is 2.12. The molecule has 1 fully saturated rings. The maximum Gasteiger partial charge on any atom is 0.137 e. The Balaban J connectivity index is 1.62. The summed E-state index contributed by atoms with van der Waals surface area (Å²) in [5, 5.41) is 8.89. The molecule has 2 rings (SSSR count). The summed E-state index contributed by atoms with van der Waals surface area (Å²) in [5.41, 5.74) is 0.655. The fourth-order valence-electron chi connectivity index (χ4n) is 2.37. The Labute approximate surface area is 114 Å². The van der Waals surface area contributed by atoms with Crippen LogP contribution in [0, 0.1) is 0 Å². The molecule has 0 saturated heterocycles. The standard InChI is InChI=1S/C15H23NO3/c17-12-13-7-8-15(11-16-13)19-10-9-18-14-5-3-1-2-4-6-14/h7-8,11,14,17H,1-6,9-10,12H2. The van der Waals surface area contributed by atoms with E-state index in [2.05, 4.69) is 4.98 Å². The Kier molecular flexibility index (Phi) is 6.11. The maximum absolute atomic E-state index is 8.89. The van der Waals surface area contributed by atoms with E-state index in [-0.39, 0.29) is 6.61 Å². The van der Waals surface area contributed by atoms with Crippen LogP contribution in [-0.2, 0) is 11.3 Å². The van der Waals surface area contributed by atoms with Gasteiger partial charge >= 0.3 is 0 Å². The minimum Gasteiger partial charge on any atom is -0.490 e. The average Bonchev–Trinajstić information content (AvgIpc) is 2.73. The minimum absolute atomic E-state index is 0.0366. The molecule has 4 heteroatoms. The van der Waals surface area contributed by atoms with Crippen molar-refractivity contribution in [1.82, 2.24) is 4.98 Å². The zero-order chi connectivity index (χ0) is 13.3. The molecule has 0 aliphatic heterocycles. The van der Waals surface area contributed by atoms with Crippen molar-refractivity contribution in [3.05, 3.63) is 24.0 Å². The lowest BCUT2D eigenvalue weighted by Crippen LogP contribution is -2.16. The van der Waals surface area contributed by atoms with Crippen LogP contribution in [0.5, 0.6) is 5.75 Å². The monoisotopic (exact) mass is 265 g/mol. The van der Waals surface area contributed by atoms with Crippen LogP contribution in [0.15, 0.2) is 18.3 Å². The topological polar surface area (TPSA) is 51.6 Å². The third-order valence-corrected chi connectivity index (χ3v) is 3.47. The summed E-state index contributed by atoms with van der Waals surface area (Å²) in [6.07, 6.45) is 9.70. The predicted octanol–water partition coefficient (Wildman–Crippen LogP) is 2.69. The summed E-state index contributed by atoms with van der Waals surface area (Å²) < 4.78 is 11.4. The van der Waals surface area contributed by atoms with Crippen molar-refractivity contribution in [3.63, 3.8) is 0 Å². The van der Waals surface area contributed by atoms with E-state index in [1.165, 1.54) is 38.5 Å². The summed E-state index contributed by atoms with van der Waals surface area (Å²) in [4.78, 5) is 4.06. The number of hydrogen-bond acceptors (Lipinski definition) is 4. The van der Waals surface area contributed by atoms with Gasteiger partial charge < -0.3 is 14.6 Å². The van der Waals surface area contributed by atoms with E-state index >= 15 is 0 Å². The highest BCUT2D eigenvalue weighted by molar-refractivity contribution is 5.19. The number of nitrogens with zero attached hydrogens (tertiary/aromatic N) is 1. The second kappa shape index (κ2) is 8.12. The first-order valence-electron chi connectivity index (χ1n) is 7.18. The number of aliphatic hydroxyl groups is 1. The molecule has 19 heavy (non-hydrogen) atoms. The lowest BCUT2D eigenvalue weighted by molar-refractivity contribution is 0.0253. The van der Waals surface area contributed by atoms with Crippen molar-refractivity contribution in [2.75, 3.05) is 13.2 Å². The summed E-state index contributed by atoms with van der Waals surface area (Å²) in [5.74, 6) is 0.724. The van der Waals surface area contributed by atoms with Gasteiger partial charge in [-0.05, 0) is 25.0 Å². The van der Waals surface area contributed by atoms with Crippen LogP contribution in [0.4, 0.5) is 0 Å². The molecule has 1 aliphatic carbocycles. The Bertz CT molecular complexity index is 345. The van der Waals surface area contributed by atoms with Crippen LogP contribution in [-0.4, -0.2) is 29.4 Å². The van der Waals surface area contributed by atoms with Crippen LogP contribution in [0.25, 0.3) is 0 Å². The number of pyridine rings is 1. The first kappa shape index (κ1) is 14.3. The zero-order valence-corrected chi connectivity index (χ0v) is 11.4. The zero-order valence-electron chi connectivity index (χ0n) is 11.4. The molecule has 1 saturated carbocycles. The van der Waals surface area contributed by atoms with Gasteiger partial charge in [-0.25, -0.2) is 0 Å². The molecule has 0 spiro atoms. The van der Waals surface area contributed by atoms with E-state index in [4.69, 9.17) is 14.6 Å². The summed E-state index contributed by atoms with van der Waals surface area (Å²) in [6, 6.07) is 3.59. The van der Waals surface area contributed by atoms with Gasteiger partial charge in [0.2, 0.25) is 0 Å². The van der Waals surface area contributed by atoms with Crippen LogP contribution < -0.4 is 4.74 Å². The molecule has 0 aromatic carbocycles. The number of rotatable bonds is 6. The van der Waals surface area contributed by atoms with Gasteiger partial charge in [0.05, 0.1) is 31.2 Å². The summed E-state index contributed by atoms with van der Waals surface area (Å²) in [6.45, 7) is 1.15. The molecule has 0 unspecified atom stereocenters. The Morgan fingerprint density at radius 1 is 1.11 bits per heavy atom. The van der Waals surface area contributed by atoms with Gasteiger partial charge in [-0.3, -0.25) is 4.98 Å². The van der Waals surface area contributed by atoms with E-state index < -0.39 is 0 Å². The normalized spacial score (nSPS) is 17.1. The first-order chi connectivity index (χ1) is 9.38. The Morgan fingerprint density at radius 3 is 2.53 bits per heavy atom. The van der Waals surface area contributed by atoms with E-state index in [1.807, 2.05) is 6.07 Å². The van der Waals surface area contributed by atoms with Gasteiger partial charge in [0.15, 0.2) is 0 Å². The highest BCUT2D eigenvalue weighted by Crippen LogP contribution is 2.19. The second-order valence-corrected chi connectivity index (χ2v) is 4.98. The van der Waals surface area contributed by atoms with Crippen LogP contribution in [0.2, 0.25) is 0 Å². The maximum atomic E-state index is 8.89. The number of ether oxygens (including phenoxy) is 2. The second-order valence-electron chi connectivity index (χ2n) is 4.98. The molecule has 0 radical (unpaired) electrons. The molecule has 0 amide bonds. The quantitative estimate of drug-likeness (QED) is 0.634. The summed E-state index contributed by atoms with van der Waals surface area (Å²) >= 11 is 0. The molecule has 0 bridgehead atoms. The van der Waals surface area contributed by atoms with Gasteiger partial charge in [-0.2, -0.15) is 0 Å². The van der Waals surface area contributed by atoms with Gasteiger partial charge in [0.25, 0.3) is 0 Å². The molecule has 4 nitrogen and oxygen atoms in total. The van der Waals surface area contributed by atoms with Crippen molar-refractivity contribution in [1.29, 1.82) is 0 Å². The van der Waals surface area contributed by atoms with Crippen LogP contribution in [0.1, 0.15) is 44.2 Å². The van der Waals surface area contributed by atoms with E-state index in [0.717, 1.165) is 5.75 Å². The Morgan fingerprint density at radius 2 is 1.89 bits per heavy atom. The van der Waals surface area contributed by atoms with Crippen molar-refractivity contribution in [2.45, 2.75) is 51.2 Å². The molecule has 1 aromatic heterocycles. The van der Waals surface area contributed by atoms with Crippen molar-refractivity contribution in [3.8, 4) is 5.75 Å². The lowest BCUT2D eigenvalue weighted by atomic mass is 10.1. The number of aromatic nitrogens is 1. The van der Waals surface area contributed by atoms with Crippen molar-refractivity contribution < 1.29 is 14.6 Å². The van der Waals surface area contributed by atoms with Gasteiger partial charge in [-0.15, -0.1) is 0 Å². The SMILES string of the molecule is OCc1ccc(OCCOC2CCCCCC2)cn1. The fraction of sp³-hybridized carbons (Fsp3) is 0.667.